The number of nitrogens with one attached hydrogen (secondary N) is 1. The average molecular weight is 352 g/mol. The van der Waals surface area contributed by atoms with Crippen LogP contribution in [0.1, 0.15) is 43.5 Å². The van der Waals surface area contributed by atoms with E-state index >= 15 is 0 Å². The van der Waals surface area contributed by atoms with E-state index < -0.39 is 0 Å². The lowest BCUT2D eigenvalue weighted by Gasteiger charge is -2.43. The van der Waals surface area contributed by atoms with E-state index in [0.29, 0.717) is 11.8 Å². The van der Waals surface area contributed by atoms with Crippen molar-refractivity contribution in [3.8, 4) is 5.69 Å². The monoisotopic (exact) mass is 352 g/mol. The number of hydrogen-bond acceptors (Lipinski definition) is 3. The number of fused-ring (bicyclic) bond motifs is 2. The van der Waals surface area contributed by atoms with Crippen LogP contribution >= 0.6 is 0 Å². The summed E-state index contributed by atoms with van der Waals surface area (Å²) in [5, 5.41) is 7.74. The highest BCUT2D eigenvalue weighted by atomic mass is 16.1. The van der Waals surface area contributed by atoms with E-state index in [1.807, 2.05) is 48.9 Å². The second-order valence-corrected chi connectivity index (χ2v) is 8.04. The van der Waals surface area contributed by atoms with Gasteiger partial charge in [-0.15, -0.1) is 0 Å². The smallest absolute Gasteiger partial charge is 0.227 e. The minimum atomic E-state index is 0.0682. The van der Waals surface area contributed by atoms with E-state index in [2.05, 4.69) is 10.4 Å². The van der Waals surface area contributed by atoms with Crippen molar-refractivity contribution < 1.29 is 4.79 Å². The summed E-state index contributed by atoms with van der Waals surface area (Å²) in [7, 11) is 0. The Bertz CT molecular complexity index is 798. The number of rotatable bonds is 3. The summed E-state index contributed by atoms with van der Waals surface area (Å²) in [5.41, 5.74) is 10.1. The van der Waals surface area contributed by atoms with Gasteiger partial charge in [0.15, 0.2) is 0 Å². The fraction of sp³-hybridized carbons (Fsp3) is 0.524. The number of nitrogens with two attached hydrogens (primary N) is 1. The third-order valence-corrected chi connectivity index (χ3v) is 6.18. The molecule has 2 unspecified atom stereocenters. The van der Waals surface area contributed by atoms with Crippen LogP contribution in [-0.4, -0.2) is 21.7 Å². The number of aromatic nitrogens is 2. The maximum absolute atomic E-state index is 13.0. The minimum Gasteiger partial charge on any atom is -0.327 e. The molecule has 26 heavy (non-hydrogen) atoms. The Morgan fingerprint density at radius 2 is 1.88 bits per heavy atom. The highest BCUT2D eigenvalue weighted by molar-refractivity contribution is 5.94. The Kier molecular flexibility index (Phi) is 4.57. The molecule has 5 heteroatoms. The van der Waals surface area contributed by atoms with Gasteiger partial charge in [-0.2, -0.15) is 5.10 Å². The highest BCUT2D eigenvalue weighted by Crippen LogP contribution is 2.42. The van der Waals surface area contributed by atoms with Gasteiger partial charge in [-0.05, 0) is 69.6 Å². The van der Waals surface area contributed by atoms with Crippen LogP contribution in [0.4, 0.5) is 5.69 Å². The summed E-state index contributed by atoms with van der Waals surface area (Å²) in [4.78, 5) is 13.0. The Morgan fingerprint density at radius 1 is 1.19 bits per heavy atom. The summed E-state index contributed by atoms with van der Waals surface area (Å²) in [6.45, 7) is 4.01. The first-order valence-corrected chi connectivity index (χ1v) is 9.72. The van der Waals surface area contributed by atoms with Crippen LogP contribution in [0.15, 0.2) is 30.3 Å². The van der Waals surface area contributed by atoms with E-state index in [1.54, 1.807) is 0 Å². The number of nitrogens with zero attached hydrogens (tertiary/aromatic N) is 2. The lowest BCUT2D eigenvalue weighted by atomic mass is 9.65. The van der Waals surface area contributed by atoms with E-state index in [9.17, 15) is 4.79 Å². The van der Waals surface area contributed by atoms with Crippen molar-refractivity contribution in [3.63, 3.8) is 0 Å². The number of amides is 1. The first kappa shape index (κ1) is 17.3. The molecular weight excluding hydrogens is 324 g/mol. The van der Waals surface area contributed by atoms with Gasteiger partial charge in [0, 0.05) is 17.7 Å². The summed E-state index contributed by atoms with van der Waals surface area (Å²) in [6, 6.07) is 10.2. The first-order valence-electron chi connectivity index (χ1n) is 9.72. The average Bonchev–Trinajstić information content (AvgIpc) is 2.93. The molecule has 138 valence electrons. The molecule has 2 aliphatic rings. The van der Waals surface area contributed by atoms with Crippen molar-refractivity contribution in [2.24, 2.45) is 23.5 Å². The van der Waals surface area contributed by atoms with Crippen molar-refractivity contribution in [1.29, 1.82) is 0 Å². The lowest BCUT2D eigenvalue weighted by Crippen LogP contribution is -2.48. The predicted molar refractivity (Wildman–Crippen MR) is 103 cm³/mol. The molecular formula is C21H28N4O. The number of aryl methyl sites for hydroxylation is 2. The van der Waals surface area contributed by atoms with Gasteiger partial charge < -0.3 is 11.1 Å². The van der Waals surface area contributed by atoms with Gasteiger partial charge in [0.25, 0.3) is 0 Å². The number of para-hydroxylation sites is 2. The Hall–Kier alpha value is -2.14. The molecule has 2 aliphatic carbocycles. The summed E-state index contributed by atoms with van der Waals surface area (Å²) in [6.07, 6.45) is 5.45. The third kappa shape index (κ3) is 3.16. The van der Waals surface area contributed by atoms with Crippen molar-refractivity contribution in [3.05, 3.63) is 41.7 Å². The Labute approximate surface area is 155 Å². The predicted octanol–water partition coefficient (Wildman–Crippen LogP) is 3.58. The fourth-order valence-electron chi connectivity index (χ4n) is 4.87. The number of benzene rings is 1. The summed E-state index contributed by atoms with van der Waals surface area (Å²) >= 11 is 0. The first-order chi connectivity index (χ1) is 12.5. The van der Waals surface area contributed by atoms with Gasteiger partial charge in [-0.3, -0.25) is 4.79 Å². The van der Waals surface area contributed by atoms with E-state index in [-0.39, 0.29) is 17.9 Å². The van der Waals surface area contributed by atoms with Crippen LogP contribution in [0, 0.1) is 31.6 Å². The van der Waals surface area contributed by atoms with Gasteiger partial charge in [0.2, 0.25) is 5.91 Å². The molecule has 2 saturated carbocycles. The molecule has 0 radical (unpaired) electrons. The fourth-order valence-corrected chi connectivity index (χ4v) is 4.87. The molecule has 1 heterocycles. The van der Waals surface area contributed by atoms with Crippen LogP contribution in [0.2, 0.25) is 0 Å². The van der Waals surface area contributed by atoms with Gasteiger partial charge in [-0.25, -0.2) is 4.68 Å². The maximum Gasteiger partial charge on any atom is 0.227 e. The van der Waals surface area contributed by atoms with Crippen LogP contribution in [-0.2, 0) is 4.79 Å². The van der Waals surface area contributed by atoms with Crippen molar-refractivity contribution >= 4 is 11.6 Å². The molecule has 5 nitrogen and oxygen atoms in total. The summed E-state index contributed by atoms with van der Waals surface area (Å²) in [5.74, 6) is 1.20. The molecule has 0 aliphatic heterocycles. The molecule has 1 aromatic heterocycles. The third-order valence-electron chi connectivity index (χ3n) is 6.18. The van der Waals surface area contributed by atoms with Crippen molar-refractivity contribution in [2.75, 3.05) is 5.32 Å². The largest absolute Gasteiger partial charge is 0.327 e. The number of carbonyl (C=O) groups is 1. The Morgan fingerprint density at radius 3 is 2.54 bits per heavy atom. The molecule has 2 aromatic rings. The van der Waals surface area contributed by atoms with E-state index in [4.69, 9.17) is 5.73 Å². The molecule has 4 rings (SSSR count). The number of carbonyl (C=O) groups excluding carboxylic acids is 1. The molecule has 1 amide bonds. The second-order valence-electron chi connectivity index (χ2n) is 8.04. The molecule has 1 aromatic carbocycles. The molecule has 0 spiro atoms. The normalized spacial score (nSPS) is 28.0. The molecule has 2 bridgehead atoms. The number of anilines is 1. The van der Waals surface area contributed by atoms with Gasteiger partial charge in [-0.1, -0.05) is 18.6 Å². The number of hydrogen-bond donors (Lipinski definition) is 2. The van der Waals surface area contributed by atoms with Gasteiger partial charge in [0.1, 0.15) is 0 Å². The van der Waals surface area contributed by atoms with Crippen molar-refractivity contribution in [2.45, 2.75) is 52.0 Å². The second kappa shape index (κ2) is 6.88. The van der Waals surface area contributed by atoms with Crippen molar-refractivity contribution in [1.82, 2.24) is 9.78 Å². The minimum absolute atomic E-state index is 0.0682. The lowest BCUT2D eigenvalue weighted by molar-refractivity contribution is -0.122. The van der Waals surface area contributed by atoms with E-state index in [1.165, 1.54) is 19.3 Å². The highest BCUT2D eigenvalue weighted by Gasteiger charge is 2.40. The van der Waals surface area contributed by atoms with Crippen LogP contribution in [0.3, 0.4) is 0 Å². The van der Waals surface area contributed by atoms with Crippen LogP contribution < -0.4 is 11.1 Å². The zero-order chi connectivity index (χ0) is 18.3. The van der Waals surface area contributed by atoms with Crippen LogP contribution in [0.5, 0.6) is 0 Å². The maximum atomic E-state index is 13.0. The standard InChI is InChI=1S/C21H28N4O/c1-13-10-14(2)25(24-13)19-9-4-3-8-18(19)23-21(26)17-11-15-6-5-7-16(12-17)20(15)22/h3-4,8-10,15-17,20H,5-7,11-12,22H2,1-2H3,(H,23,26). The topological polar surface area (TPSA) is 72.9 Å². The molecule has 2 atom stereocenters. The van der Waals surface area contributed by atoms with E-state index in [0.717, 1.165) is 35.6 Å². The SMILES string of the molecule is Cc1cc(C)n(-c2ccccc2NC(=O)C2CC3CCCC(C2)C3N)n1. The zero-order valence-electron chi connectivity index (χ0n) is 15.6. The molecule has 0 saturated heterocycles. The zero-order valence-corrected chi connectivity index (χ0v) is 15.6. The quantitative estimate of drug-likeness (QED) is 0.887. The van der Waals surface area contributed by atoms with Crippen LogP contribution in [0.25, 0.3) is 5.69 Å². The molecule has 2 fully saturated rings. The summed E-state index contributed by atoms with van der Waals surface area (Å²) < 4.78 is 1.90. The van der Waals surface area contributed by atoms with Gasteiger partial charge >= 0.3 is 0 Å². The van der Waals surface area contributed by atoms with Gasteiger partial charge in [0.05, 0.1) is 17.1 Å². The Balaban J connectivity index is 1.55. The molecule has 3 N–H and O–H groups in total.